The second-order valence-electron chi connectivity index (χ2n) is 8.60. The summed E-state index contributed by atoms with van der Waals surface area (Å²) in [5.74, 6) is 0.285. The number of carbonyl (C=O) groups is 1. The Balaban J connectivity index is 1.64. The van der Waals surface area contributed by atoms with Crippen molar-refractivity contribution in [1.29, 1.82) is 0 Å². The molecule has 4 rings (SSSR count). The van der Waals surface area contributed by atoms with Crippen LogP contribution in [0.25, 0.3) is 0 Å². The fourth-order valence-corrected chi connectivity index (χ4v) is 6.21. The molecule has 2 aromatic rings. The van der Waals surface area contributed by atoms with Gasteiger partial charge in [0.15, 0.2) is 0 Å². The van der Waals surface area contributed by atoms with Gasteiger partial charge in [-0.2, -0.15) is 4.31 Å². The molecule has 33 heavy (non-hydrogen) atoms. The van der Waals surface area contributed by atoms with Crippen LogP contribution in [0.4, 0.5) is 5.69 Å². The van der Waals surface area contributed by atoms with Crippen LogP contribution < -0.4 is 10.1 Å². The first-order valence-electron chi connectivity index (χ1n) is 11.9. The number of rotatable bonds is 8. The topological polar surface area (TPSA) is 79.0 Å². The number of amides is 1. The minimum Gasteiger partial charge on any atom is -0.492 e. The molecule has 0 radical (unpaired) electrons. The molecule has 1 N–H and O–H groups in total. The smallest absolute Gasteiger partial charge is 0.246 e. The lowest BCUT2D eigenvalue weighted by atomic mass is 10.0. The maximum absolute atomic E-state index is 13.6. The Morgan fingerprint density at radius 1 is 0.970 bits per heavy atom. The van der Waals surface area contributed by atoms with E-state index in [0.717, 1.165) is 50.8 Å². The standard InChI is InChI=1S/C25H33N3O4S/c1-2-32-23-14-13-21(33(30,31)28-17-7-4-8-18-28)19-22(23)26-25(29)24(27-15-9-10-16-27)20-11-5-3-6-12-20/h3,5-6,11-14,19,24H,2,4,7-10,15-18H2,1H3,(H,26,29). The van der Waals surface area contributed by atoms with Gasteiger partial charge in [-0.15, -0.1) is 0 Å². The summed E-state index contributed by atoms with van der Waals surface area (Å²) in [6.45, 7) is 5.05. The van der Waals surface area contributed by atoms with Crippen LogP contribution in [-0.4, -0.2) is 56.3 Å². The van der Waals surface area contributed by atoms with Crippen molar-refractivity contribution >= 4 is 21.6 Å². The summed E-state index contributed by atoms with van der Waals surface area (Å²) >= 11 is 0. The van der Waals surface area contributed by atoms with E-state index in [0.29, 0.717) is 31.1 Å². The number of ether oxygens (including phenoxy) is 1. The second-order valence-corrected chi connectivity index (χ2v) is 10.5. The fraction of sp³-hybridized carbons (Fsp3) is 0.480. The molecule has 0 saturated carbocycles. The number of nitrogens with one attached hydrogen (secondary N) is 1. The summed E-state index contributed by atoms with van der Waals surface area (Å²) in [5.41, 5.74) is 1.31. The molecule has 0 spiro atoms. The van der Waals surface area contributed by atoms with Crippen LogP contribution >= 0.6 is 0 Å². The molecule has 8 heteroatoms. The molecule has 2 aliphatic rings. The van der Waals surface area contributed by atoms with Gasteiger partial charge < -0.3 is 10.1 Å². The third kappa shape index (κ3) is 5.39. The number of hydrogen-bond donors (Lipinski definition) is 1. The monoisotopic (exact) mass is 471 g/mol. The first kappa shape index (κ1) is 23.7. The zero-order chi connectivity index (χ0) is 23.3. The molecule has 7 nitrogen and oxygen atoms in total. The minimum atomic E-state index is -3.62. The van der Waals surface area contributed by atoms with Crippen molar-refractivity contribution in [2.45, 2.75) is 50.0 Å². The van der Waals surface area contributed by atoms with Crippen LogP contribution in [0.3, 0.4) is 0 Å². The minimum absolute atomic E-state index is 0.181. The van der Waals surface area contributed by atoms with Gasteiger partial charge in [0.1, 0.15) is 11.8 Å². The molecule has 2 heterocycles. The second kappa shape index (κ2) is 10.7. The highest BCUT2D eigenvalue weighted by Gasteiger charge is 2.31. The summed E-state index contributed by atoms with van der Waals surface area (Å²) in [7, 11) is -3.62. The summed E-state index contributed by atoms with van der Waals surface area (Å²) in [4.78, 5) is 15.9. The van der Waals surface area contributed by atoms with Crippen LogP contribution in [0.1, 0.15) is 50.6 Å². The Labute approximate surface area is 196 Å². The molecule has 1 amide bonds. The molecular weight excluding hydrogens is 438 g/mol. The molecule has 2 saturated heterocycles. The van der Waals surface area contributed by atoms with Gasteiger partial charge in [-0.3, -0.25) is 9.69 Å². The molecule has 0 aromatic heterocycles. The Morgan fingerprint density at radius 2 is 1.64 bits per heavy atom. The number of carbonyl (C=O) groups excluding carboxylic acids is 1. The maximum Gasteiger partial charge on any atom is 0.246 e. The van der Waals surface area contributed by atoms with E-state index in [1.807, 2.05) is 37.3 Å². The van der Waals surface area contributed by atoms with Crippen molar-refractivity contribution in [3.63, 3.8) is 0 Å². The van der Waals surface area contributed by atoms with Gasteiger partial charge in [-0.1, -0.05) is 36.8 Å². The van der Waals surface area contributed by atoms with Crippen molar-refractivity contribution < 1.29 is 17.9 Å². The molecule has 2 aromatic carbocycles. The predicted molar refractivity (Wildman–Crippen MR) is 129 cm³/mol. The summed E-state index contributed by atoms with van der Waals surface area (Å²) in [6, 6.07) is 14.0. The molecule has 1 unspecified atom stereocenters. The highest BCUT2D eigenvalue weighted by atomic mass is 32.2. The van der Waals surface area contributed by atoms with E-state index in [4.69, 9.17) is 4.74 Å². The number of anilines is 1. The number of sulfonamides is 1. The van der Waals surface area contributed by atoms with Crippen molar-refractivity contribution in [3.8, 4) is 5.75 Å². The van der Waals surface area contributed by atoms with Gasteiger partial charge in [0.05, 0.1) is 17.2 Å². The van der Waals surface area contributed by atoms with Crippen LogP contribution in [-0.2, 0) is 14.8 Å². The van der Waals surface area contributed by atoms with Crippen LogP contribution in [0, 0.1) is 0 Å². The lowest BCUT2D eigenvalue weighted by Crippen LogP contribution is -2.36. The molecular formula is C25H33N3O4S. The third-order valence-electron chi connectivity index (χ3n) is 6.33. The number of likely N-dealkylation sites (tertiary alicyclic amines) is 1. The van der Waals surface area contributed by atoms with E-state index in [2.05, 4.69) is 10.2 Å². The Hall–Kier alpha value is -2.42. The lowest BCUT2D eigenvalue weighted by molar-refractivity contribution is -0.121. The predicted octanol–water partition coefficient (Wildman–Crippen LogP) is 4.04. The van der Waals surface area contributed by atoms with Gasteiger partial charge in [-0.25, -0.2) is 8.42 Å². The van der Waals surface area contributed by atoms with Crippen molar-refractivity contribution in [1.82, 2.24) is 9.21 Å². The fourth-order valence-electron chi connectivity index (χ4n) is 4.67. The Morgan fingerprint density at radius 3 is 2.30 bits per heavy atom. The zero-order valence-corrected chi connectivity index (χ0v) is 20.0. The summed E-state index contributed by atoms with van der Waals surface area (Å²) < 4.78 is 33.7. The van der Waals surface area contributed by atoms with E-state index in [9.17, 15) is 13.2 Å². The van der Waals surface area contributed by atoms with Gasteiger partial charge in [-0.05, 0) is 69.5 Å². The Bertz CT molecular complexity index is 1050. The SMILES string of the molecule is CCOc1ccc(S(=O)(=O)N2CCCCC2)cc1NC(=O)C(c1ccccc1)N1CCCC1. The van der Waals surface area contributed by atoms with Crippen molar-refractivity contribution in [3.05, 3.63) is 54.1 Å². The molecule has 0 aliphatic carbocycles. The van der Waals surface area contributed by atoms with Gasteiger partial charge in [0.2, 0.25) is 15.9 Å². The molecule has 178 valence electrons. The van der Waals surface area contributed by atoms with Crippen molar-refractivity contribution in [2.75, 3.05) is 38.1 Å². The van der Waals surface area contributed by atoms with E-state index < -0.39 is 16.1 Å². The van der Waals surface area contributed by atoms with Crippen LogP contribution in [0.15, 0.2) is 53.4 Å². The van der Waals surface area contributed by atoms with Crippen LogP contribution in [0.5, 0.6) is 5.75 Å². The third-order valence-corrected chi connectivity index (χ3v) is 8.23. The highest BCUT2D eigenvalue weighted by Crippen LogP contribution is 2.33. The van der Waals surface area contributed by atoms with E-state index in [1.54, 1.807) is 18.2 Å². The number of nitrogens with zero attached hydrogens (tertiary/aromatic N) is 2. The van der Waals surface area contributed by atoms with Gasteiger partial charge in [0, 0.05) is 13.1 Å². The average Bonchev–Trinajstić information content (AvgIpc) is 3.36. The molecule has 1 atom stereocenters. The largest absolute Gasteiger partial charge is 0.492 e. The maximum atomic E-state index is 13.6. The number of benzene rings is 2. The lowest BCUT2D eigenvalue weighted by Gasteiger charge is -2.28. The van der Waals surface area contributed by atoms with Gasteiger partial charge >= 0.3 is 0 Å². The van der Waals surface area contributed by atoms with Crippen molar-refractivity contribution in [2.24, 2.45) is 0 Å². The van der Waals surface area contributed by atoms with E-state index >= 15 is 0 Å². The number of piperidine rings is 1. The Kier molecular flexibility index (Phi) is 7.67. The molecule has 2 fully saturated rings. The first-order valence-corrected chi connectivity index (χ1v) is 13.3. The quantitative estimate of drug-likeness (QED) is 0.629. The van der Waals surface area contributed by atoms with Gasteiger partial charge in [0.25, 0.3) is 0 Å². The average molecular weight is 472 g/mol. The van der Waals surface area contributed by atoms with E-state index in [-0.39, 0.29) is 10.8 Å². The number of hydrogen-bond acceptors (Lipinski definition) is 5. The summed E-state index contributed by atoms with van der Waals surface area (Å²) in [6.07, 6.45) is 4.91. The van der Waals surface area contributed by atoms with E-state index in [1.165, 1.54) is 4.31 Å². The normalized spacial score (nSPS) is 18.7. The highest BCUT2D eigenvalue weighted by molar-refractivity contribution is 7.89. The molecule has 0 bridgehead atoms. The van der Waals surface area contributed by atoms with Crippen LogP contribution in [0.2, 0.25) is 0 Å². The molecule has 2 aliphatic heterocycles. The summed E-state index contributed by atoms with van der Waals surface area (Å²) in [5, 5.41) is 3.00. The first-order chi connectivity index (χ1) is 16.0. The zero-order valence-electron chi connectivity index (χ0n) is 19.2.